The number of esters is 1. The molecule has 0 radical (unpaired) electrons. The zero-order chi connectivity index (χ0) is 13.2. The summed E-state index contributed by atoms with van der Waals surface area (Å²) in [5.74, 6) is -1.18. The molecule has 1 rings (SSSR count). The molecule has 6 heteroatoms. The van der Waals surface area contributed by atoms with Gasteiger partial charge in [0.05, 0.1) is 19.6 Å². The number of carbonyl (C=O) groups excluding carboxylic acids is 1. The van der Waals surface area contributed by atoms with Gasteiger partial charge in [-0.1, -0.05) is 6.92 Å². The van der Waals surface area contributed by atoms with Crippen LogP contribution in [0.2, 0.25) is 0 Å². The predicted molar refractivity (Wildman–Crippen MR) is 71.4 cm³/mol. The molecule has 0 spiro atoms. The van der Waals surface area contributed by atoms with Gasteiger partial charge in [-0.2, -0.15) is 0 Å². The maximum atomic E-state index is 11.7. The molecule has 0 unspecified atom stereocenters. The second-order valence-electron chi connectivity index (χ2n) is 4.16. The minimum atomic E-state index is -0.968. The summed E-state index contributed by atoms with van der Waals surface area (Å²) < 4.78 is 9.12. The standard InChI is InChI=1S/C11H16Cl2O3S/c1-4-16-10(17)8-6(2)11(12,13)5-7(8)9(14)15-3/h6-8H,4-5H2,1-3H3/t6-,7-,8-/m1/s1. The van der Waals surface area contributed by atoms with Gasteiger partial charge in [0.1, 0.15) is 4.33 Å². The van der Waals surface area contributed by atoms with Crippen LogP contribution < -0.4 is 0 Å². The summed E-state index contributed by atoms with van der Waals surface area (Å²) in [5, 5.41) is 0.388. The van der Waals surface area contributed by atoms with Gasteiger partial charge in [0.15, 0.2) is 5.05 Å². The third kappa shape index (κ3) is 3.04. The summed E-state index contributed by atoms with van der Waals surface area (Å²) in [5.41, 5.74) is 0. The Morgan fingerprint density at radius 1 is 1.53 bits per heavy atom. The summed E-state index contributed by atoms with van der Waals surface area (Å²) in [6.45, 7) is 4.18. The Bertz CT molecular complexity index is 320. The Kier molecular flexibility index (Phi) is 5.05. The van der Waals surface area contributed by atoms with E-state index in [1.807, 2.05) is 13.8 Å². The number of halogens is 2. The fraction of sp³-hybridized carbons (Fsp3) is 0.818. The minimum Gasteiger partial charge on any atom is -0.487 e. The van der Waals surface area contributed by atoms with Crippen LogP contribution in [0.15, 0.2) is 0 Å². The Balaban J connectivity index is 2.95. The highest BCUT2D eigenvalue weighted by molar-refractivity contribution is 7.80. The molecule has 0 aromatic heterocycles. The number of alkyl halides is 2. The minimum absolute atomic E-state index is 0.144. The van der Waals surface area contributed by atoms with Crippen molar-refractivity contribution >= 4 is 46.4 Å². The maximum absolute atomic E-state index is 11.7. The van der Waals surface area contributed by atoms with Crippen LogP contribution in [0.5, 0.6) is 0 Å². The van der Waals surface area contributed by atoms with Gasteiger partial charge in [0.25, 0.3) is 0 Å². The molecule has 1 aliphatic carbocycles. The molecule has 1 saturated carbocycles. The van der Waals surface area contributed by atoms with E-state index in [4.69, 9.17) is 44.9 Å². The molecule has 0 bridgehead atoms. The number of rotatable bonds is 3. The Morgan fingerprint density at radius 2 is 2.12 bits per heavy atom. The molecular weight excluding hydrogens is 283 g/mol. The SMILES string of the molecule is CCOC(=S)[C@@H]1[C@@H](C)C(Cl)(Cl)C[C@H]1C(=O)OC. The van der Waals surface area contributed by atoms with E-state index >= 15 is 0 Å². The van der Waals surface area contributed by atoms with Crippen molar-refractivity contribution in [3.8, 4) is 0 Å². The van der Waals surface area contributed by atoms with E-state index in [0.29, 0.717) is 18.1 Å². The van der Waals surface area contributed by atoms with Gasteiger partial charge in [-0.25, -0.2) is 0 Å². The van der Waals surface area contributed by atoms with E-state index in [2.05, 4.69) is 0 Å². The fourth-order valence-electron chi connectivity index (χ4n) is 2.21. The second kappa shape index (κ2) is 5.72. The van der Waals surface area contributed by atoms with Crippen LogP contribution in [-0.2, 0) is 14.3 Å². The smallest absolute Gasteiger partial charge is 0.309 e. The lowest BCUT2D eigenvalue weighted by Crippen LogP contribution is -2.31. The average Bonchev–Trinajstić information content (AvgIpc) is 2.50. The first-order valence-corrected chi connectivity index (χ1v) is 6.63. The molecule has 17 heavy (non-hydrogen) atoms. The fourth-order valence-corrected chi connectivity index (χ4v) is 3.30. The largest absolute Gasteiger partial charge is 0.487 e. The van der Waals surface area contributed by atoms with Crippen LogP contribution in [0.4, 0.5) is 0 Å². The number of hydrogen-bond donors (Lipinski definition) is 0. The lowest BCUT2D eigenvalue weighted by Gasteiger charge is -2.23. The number of methoxy groups -OCH3 is 1. The van der Waals surface area contributed by atoms with Crippen molar-refractivity contribution in [2.75, 3.05) is 13.7 Å². The van der Waals surface area contributed by atoms with Crippen molar-refractivity contribution in [2.24, 2.45) is 17.8 Å². The lowest BCUT2D eigenvalue weighted by molar-refractivity contribution is -0.146. The van der Waals surface area contributed by atoms with Gasteiger partial charge in [-0.05, 0) is 25.6 Å². The quantitative estimate of drug-likeness (QED) is 0.456. The molecule has 0 aromatic rings. The zero-order valence-electron chi connectivity index (χ0n) is 10.0. The first-order valence-electron chi connectivity index (χ1n) is 5.47. The first-order chi connectivity index (χ1) is 7.85. The summed E-state index contributed by atoms with van der Waals surface area (Å²) in [7, 11) is 1.34. The Labute approximate surface area is 117 Å². The molecule has 3 nitrogen and oxygen atoms in total. The Hall–Kier alpha value is -0.0600. The van der Waals surface area contributed by atoms with E-state index in [1.54, 1.807) is 0 Å². The van der Waals surface area contributed by atoms with Crippen LogP contribution in [-0.4, -0.2) is 29.1 Å². The molecule has 1 fully saturated rings. The molecule has 3 atom stereocenters. The average molecular weight is 299 g/mol. The predicted octanol–water partition coefficient (Wildman–Crippen LogP) is 2.97. The molecule has 0 heterocycles. The topological polar surface area (TPSA) is 35.5 Å². The van der Waals surface area contributed by atoms with Crippen molar-refractivity contribution in [3.63, 3.8) is 0 Å². The zero-order valence-corrected chi connectivity index (χ0v) is 12.4. The summed E-state index contributed by atoms with van der Waals surface area (Å²) in [6.07, 6.45) is 0.335. The van der Waals surface area contributed by atoms with Crippen LogP contribution in [0.3, 0.4) is 0 Å². The third-order valence-corrected chi connectivity index (χ3v) is 4.58. The van der Waals surface area contributed by atoms with Crippen molar-refractivity contribution in [1.29, 1.82) is 0 Å². The van der Waals surface area contributed by atoms with E-state index < -0.39 is 10.3 Å². The third-order valence-electron chi connectivity index (χ3n) is 3.19. The Morgan fingerprint density at radius 3 is 2.59 bits per heavy atom. The normalized spacial score (nSPS) is 31.0. The number of thiocarbonyl (C=S) groups is 1. The van der Waals surface area contributed by atoms with Gasteiger partial charge in [0.2, 0.25) is 0 Å². The number of carbonyl (C=O) groups is 1. The van der Waals surface area contributed by atoms with E-state index in [0.717, 1.165) is 0 Å². The second-order valence-corrected chi connectivity index (χ2v) is 6.11. The molecular formula is C11H16Cl2O3S. The van der Waals surface area contributed by atoms with Crippen molar-refractivity contribution in [2.45, 2.75) is 24.6 Å². The molecule has 0 N–H and O–H groups in total. The van der Waals surface area contributed by atoms with Crippen molar-refractivity contribution in [1.82, 2.24) is 0 Å². The summed E-state index contributed by atoms with van der Waals surface area (Å²) in [6, 6.07) is 0. The van der Waals surface area contributed by atoms with Crippen molar-refractivity contribution < 1.29 is 14.3 Å². The van der Waals surface area contributed by atoms with E-state index in [1.165, 1.54) is 7.11 Å². The van der Waals surface area contributed by atoms with Gasteiger partial charge in [-0.15, -0.1) is 23.2 Å². The first kappa shape index (κ1) is 15.0. The van der Waals surface area contributed by atoms with Gasteiger partial charge in [-0.3, -0.25) is 4.79 Å². The van der Waals surface area contributed by atoms with Crippen molar-refractivity contribution in [3.05, 3.63) is 0 Å². The molecule has 0 aliphatic heterocycles. The molecule has 98 valence electrons. The van der Waals surface area contributed by atoms with Gasteiger partial charge >= 0.3 is 5.97 Å². The molecule has 0 aromatic carbocycles. The van der Waals surface area contributed by atoms with E-state index in [9.17, 15) is 4.79 Å². The summed E-state index contributed by atoms with van der Waals surface area (Å²) in [4.78, 5) is 11.7. The lowest BCUT2D eigenvalue weighted by atomic mass is 9.91. The van der Waals surface area contributed by atoms with Crippen LogP contribution >= 0.6 is 35.4 Å². The number of ether oxygens (including phenoxy) is 2. The molecule has 0 amide bonds. The van der Waals surface area contributed by atoms with Crippen LogP contribution in [0.25, 0.3) is 0 Å². The van der Waals surface area contributed by atoms with Crippen LogP contribution in [0.1, 0.15) is 20.3 Å². The molecule has 0 saturated heterocycles. The highest BCUT2D eigenvalue weighted by Crippen LogP contribution is 2.51. The molecule has 1 aliphatic rings. The number of hydrogen-bond acceptors (Lipinski definition) is 4. The highest BCUT2D eigenvalue weighted by atomic mass is 35.5. The monoisotopic (exact) mass is 298 g/mol. The maximum Gasteiger partial charge on any atom is 0.309 e. The van der Waals surface area contributed by atoms with Crippen LogP contribution in [0, 0.1) is 17.8 Å². The van der Waals surface area contributed by atoms with Gasteiger partial charge < -0.3 is 9.47 Å². The summed E-state index contributed by atoms with van der Waals surface area (Å²) >= 11 is 17.6. The highest BCUT2D eigenvalue weighted by Gasteiger charge is 2.54. The van der Waals surface area contributed by atoms with E-state index in [-0.39, 0.29) is 17.8 Å². The van der Waals surface area contributed by atoms with Gasteiger partial charge in [0, 0.05) is 11.8 Å².